The molecule has 2 fully saturated rings. The fraction of sp³-hybridized carbons (Fsp3) is 0.368. The Morgan fingerprint density at radius 3 is 2.70 bits per heavy atom. The zero-order valence-corrected chi connectivity index (χ0v) is 15.1. The number of rotatable bonds is 2. The van der Waals surface area contributed by atoms with E-state index in [1.54, 1.807) is 9.80 Å². The Balaban J connectivity index is 1.50. The Bertz CT molecular complexity index is 881. The summed E-state index contributed by atoms with van der Waals surface area (Å²) in [6.45, 7) is 1.36. The highest BCUT2D eigenvalue weighted by Gasteiger charge is 2.49. The van der Waals surface area contributed by atoms with Crippen LogP contribution >= 0.6 is 11.3 Å². The number of carbonyl (C=O) groups excluding carboxylic acids is 2. The third-order valence-corrected chi connectivity index (χ3v) is 5.97. The SMILES string of the molecule is O=C(c1cccc(C(F)(F)F)c1)N1CC[C@]2(CC(=O)N(c3ccsc3)C2)C1. The van der Waals surface area contributed by atoms with E-state index >= 15 is 0 Å². The van der Waals surface area contributed by atoms with Gasteiger partial charge in [-0.2, -0.15) is 24.5 Å². The van der Waals surface area contributed by atoms with Gasteiger partial charge in [0.25, 0.3) is 5.91 Å². The number of thiophene rings is 1. The van der Waals surface area contributed by atoms with Crippen molar-refractivity contribution >= 4 is 28.8 Å². The van der Waals surface area contributed by atoms with Gasteiger partial charge >= 0.3 is 6.18 Å². The predicted molar refractivity (Wildman–Crippen MR) is 95.7 cm³/mol. The molecule has 2 aromatic rings. The summed E-state index contributed by atoms with van der Waals surface area (Å²) in [5.41, 5.74) is -0.261. The molecule has 8 heteroatoms. The van der Waals surface area contributed by atoms with Gasteiger partial charge in [-0.25, -0.2) is 0 Å². The molecule has 0 aliphatic carbocycles. The maximum atomic E-state index is 12.9. The molecule has 142 valence electrons. The molecule has 2 saturated heterocycles. The molecular weight excluding hydrogens is 377 g/mol. The van der Waals surface area contributed by atoms with E-state index < -0.39 is 17.6 Å². The van der Waals surface area contributed by atoms with Crippen LogP contribution in [0.2, 0.25) is 0 Å². The second kappa shape index (κ2) is 6.37. The van der Waals surface area contributed by atoms with Crippen molar-refractivity contribution < 1.29 is 22.8 Å². The van der Waals surface area contributed by atoms with Crippen molar-refractivity contribution in [2.45, 2.75) is 19.0 Å². The molecule has 3 heterocycles. The largest absolute Gasteiger partial charge is 0.416 e. The van der Waals surface area contributed by atoms with Crippen molar-refractivity contribution in [3.63, 3.8) is 0 Å². The van der Waals surface area contributed by atoms with Gasteiger partial charge < -0.3 is 9.80 Å². The number of hydrogen-bond donors (Lipinski definition) is 0. The number of carbonyl (C=O) groups is 2. The van der Waals surface area contributed by atoms with Crippen LogP contribution in [-0.2, 0) is 11.0 Å². The lowest BCUT2D eigenvalue weighted by Crippen LogP contribution is -2.34. The van der Waals surface area contributed by atoms with E-state index in [0.717, 1.165) is 17.8 Å². The number of likely N-dealkylation sites (tertiary alicyclic amines) is 1. The minimum atomic E-state index is -4.48. The van der Waals surface area contributed by atoms with Crippen LogP contribution in [0.4, 0.5) is 18.9 Å². The van der Waals surface area contributed by atoms with Crippen LogP contribution in [-0.4, -0.2) is 36.3 Å². The first-order valence-corrected chi connectivity index (χ1v) is 9.51. The van der Waals surface area contributed by atoms with Crippen LogP contribution in [0.25, 0.3) is 0 Å². The fourth-order valence-corrected chi connectivity index (χ4v) is 4.58. The van der Waals surface area contributed by atoms with E-state index in [1.165, 1.54) is 23.5 Å². The minimum absolute atomic E-state index is 0.0286. The molecule has 0 N–H and O–H groups in total. The molecule has 1 spiro atoms. The summed E-state index contributed by atoms with van der Waals surface area (Å²) in [5.74, 6) is -0.388. The first kappa shape index (κ1) is 18.0. The van der Waals surface area contributed by atoms with Crippen LogP contribution < -0.4 is 4.90 Å². The van der Waals surface area contributed by atoms with Gasteiger partial charge in [0, 0.05) is 42.4 Å². The Hall–Kier alpha value is -2.35. The summed E-state index contributed by atoms with van der Waals surface area (Å²) in [7, 11) is 0. The Labute approximate surface area is 158 Å². The quantitative estimate of drug-likeness (QED) is 0.772. The van der Waals surface area contributed by atoms with Gasteiger partial charge in [0.1, 0.15) is 0 Å². The predicted octanol–water partition coefficient (Wildman–Crippen LogP) is 4.04. The summed E-state index contributed by atoms with van der Waals surface area (Å²) in [6, 6.07) is 6.39. The van der Waals surface area contributed by atoms with Crippen molar-refractivity contribution in [2.24, 2.45) is 5.41 Å². The van der Waals surface area contributed by atoms with E-state index in [-0.39, 0.29) is 16.9 Å². The van der Waals surface area contributed by atoms with Crippen molar-refractivity contribution in [3.05, 3.63) is 52.2 Å². The zero-order chi connectivity index (χ0) is 19.2. The van der Waals surface area contributed by atoms with Gasteiger partial charge in [-0.15, -0.1) is 0 Å². The lowest BCUT2D eigenvalue weighted by Gasteiger charge is -2.24. The van der Waals surface area contributed by atoms with Crippen molar-refractivity contribution in [1.82, 2.24) is 4.90 Å². The van der Waals surface area contributed by atoms with Crippen LogP contribution in [0.1, 0.15) is 28.8 Å². The number of benzene rings is 1. The molecule has 0 unspecified atom stereocenters. The van der Waals surface area contributed by atoms with E-state index in [4.69, 9.17) is 0 Å². The van der Waals surface area contributed by atoms with Crippen molar-refractivity contribution in [2.75, 3.05) is 24.5 Å². The normalized spacial score (nSPS) is 22.9. The maximum Gasteiger partial charge on any atom is 0.416 e. The summed E-state index contributed by atoms with van der Waals surface area (Å²) in [4.78, 5) is 28.5. The van der Waals surface area contributed by atoms with Gasteiger partial charge in [-0.3, -0.25) is 9.59 Å². The molecule has 2 aliphatic heterocycles. The second-order valence-electron chi connectivity index (χ2n) is 7.19. The summed E-state index contributed by atoms with van der Waals surface area (Å²) in [6.07, 6.45) is -3.46. The standard InChI is InChI=1S/C19H17F3N2O2S/c20-19(21,22)14-3-1-2-13(8-14)17(26)23-6-5-18(11-23)9-16(25)24(12-18)15-4-7-27-10-15/h1-4,7-8,10H,5-6,9,11-12H2/t18-/m0/s1. The molecule has 1 atom stereocenters. The van der Waals surface area contributed by atoms with Crippen LogP contribution in [0, 0.1) is 5.41 Å². The van der Waals surface area contributed by atoms with Gasteiger partial charge in [-0.1, -0.05) is 6.07 Å². The smallest absolute Gasteiger partial charge is 0.338 e. The highest BCUT2D eigenvalue weighted by atomic mass is 32.1. The molecular formula is C19H17F3N2O2S. The molecule has 1 aromatic carbocycles. The molecule has 2 aliphatic rings. The molecule has 4 nitrogen and oxygen atoms in total. The Kier molecular flexibility index (Phi) is 4.25. The minimum Gasteiger partial charge on any atom is -0.338 e. The van der Waals surface area contributed by atoms with E-state index in [1.807, 2.05) is 16.8 Å². The first-order valence-electron chi connectivity index (χ1n) is 8.57. The maximum absolute atomic E-state index is 12.9. The van der Waals surface area contributed by atoms with Crippen molar-refractivity contribution in [1.29, 1.82) is 0 Å². The van der Waals surface area contributed by atoms with Crippen LogP contribution in [0.3, 0.4) is 0 Å². The average molecular weight is 394 g/mol. The Morgan fingerprint density at radius 2 is 2.00 bits per heavy atom. The topological polar surface area (TPSA) is 40.6 Å². The second-order valence-corrected chi connectivity index (χ2v) is 7.97. The van der Waals surface area contributed by atoms with Gasteiger partial charge in [-0.05, 0) is 36.1 Å². The molecule has 1 aromatic heterocycles. The molecule has 0 saturated carbocycles. The summed E-state index contributed by atoms with van der Waals surface area (Å²) >= 11 is 1.52. The summed E-state index contributed by atoms with van der Waals surface area (Å²) in [5, 5.41) is 3.82. The summed E-state index contributed by atoms with van der Waals surface area (Å²) < 4.78 is 38.7. The third-order valence-electron chi connectivity index (χ3n) is 5.30. The number of alkyl halides is 3. The van der Waals surface area contributed by atoms with Crippen LogP contribution in [0.5, 0.6) is 0 Å². The first-order chi connectivity index (χ1) is 12.8. The van der Waals surface area contributed by atoms with Crippen molar-refractivity contribution in [3.8, 4) is 0 Å². The number of amides is 2. The highest BCUT2D eigenvalue weighted by Crippen LogP contribution is 2.42. The lowest BCUT2D eigenvalue weighted by atomic mass is 9.86. The number of halogens is 3. The molecule has 0 bridgehead atoms. The van der Waals surface area contributed by atoms with Crippen LogP contribution in [0.15, 0.2) is 41.1 Å². The molecule has 0 radical (unpaired) electrons. The zero-order valence-electron chi connectivity index (χ0n) is 14.3. The molecule has 27 heavy (non-hydrogen) atoms. The number of hydrogen-bond acceptors (Lipinski definition) is 3. The van der Waals surface area contributed by atoms with Gasteiger partial charge in [0.2, 0.25) is 5.91 Å². The molecule has 2 amide bonds. The Morgan fingerprint density at radius 1 is 1.19 bits per heavy atom. The van der Waals surface area contributed by atoms with E-state index in [2.05, 4.69) is 0 Å². The fourth-order valence-electron chi connectivity index (χ4n) is 3.93. The lowest BCUT2D eigenvalue weighted by molar-refractivity contribution is -0.137. The van der Waals surface area contributed by atoms with Gasteiger partial charge in [0.05, 0.1) is 11.3 Å². The average Bonchev–Trinajstić information content (AvgIpc) is 3.35. The number of nitrogens with zero attached hydrogens (tertiary/aromatic N) is 2. The van der Waals surface area contributed by atoms with Gasteiger partial charge in [0.15, 0.2) is 0 Å². The number of anilines is 1. The highest BCUT2D eigenvalue weighted by molar-refractivity contribution is 7.08. The molecule has 4 rings (SSSR count). The monoisotopic (exact) mass is 394 g/mol. The van der Waals surface area contributed by atoms with E-state index in [0.29, 0.717) is 32.5 Å². The van der Waals surface area contributed by atoms with E-state index in [9.17, 15) is 22.8 Å². The third kappa shape index (κ3) is 3.34.